The second kappa shape index (κ2) is 281. The van der Waals surface area contributed by atoms with Gasteiger partial charge in [0.25, 0.3) is 0 Å². The number of hydrogen-bond acceptors (Lipinski definition) is 0. The van der Waals surface area contributed by atoms with E-state index in [2.05, 4.69) is 0 Å². The topological polar surface area (TPSA) is 0 Å². The predicted octanol–water partition coefficient (Wildman–Crippen LogP) is -124. The van der Waals surface area contributed by atoms with Gasteiger partial charge in [-0.3, -0.25) is 0 Å². The van der Waals surface area contributed by atoms with E-state index in [9.17, 15) is 0 Å². The normalized spacial score (nSPS) is 0. The van der Waals surface area contributed by atoms with Crippen LogP contribution in [0.2, 0.25) is 0 Å². The van der Waals surface area contributed by atoms with Crippen molar-refractivity contribution in [2.45, 2.75) is 0 Å². The number of rotatable bonds is 0. The average molecular weight is 1720 g/mol. The Labute approximate surface area is 2170 Å². The molecule has 0 saturated heterocycles. The van der Waals surface area contributed by atoms with Crippen LogP contribution in [-0.2, 0) is 0 Å². The molecule has 0 saturated carbocycles. The van der Waals surface area contributed by atoms with Crippen molar-refractivity contribution in [1.82, 2.24) is 0 Å². The Kier molecular flexibility index (Phi) is 1890. The minimum absolute atomic E-state index is 0. The molecule has 0 fully saturated rings. The second-order valence-electron chi connectivity index (χ2n) is 0. The summed E-state index contributed by atoms with van der Waals surface area (Å²) in [5.74, 6) is 0. The Hall–Kier alpha value is 70.4. The Balaban J connectivity index is 0. The summed E-state index contributed by atoms with van der Waals surface area (Å²) in [4.78, 5) is 0. The van der Waals surface area contributed by atoms with E-state index in [0.717, 1.165) is 0 Å². The molecule has 0 atom stereocenters. The van der Waals surface area contributed by atoms with Gasteiger partial charge in [0, 0.05) is 0 Å². The van der Waals surface area contributed by atoms with Gasteiger partial charge < -0.3 is 61.3 Å². The van der Waals surface area contributed by atoms with Gasteiger partial charge in [-0.15, -0.1) is 0 Å². The molecule has 0 nitrogen and oxygen atoms in total. The summed E-state index contributed by atoms with van der Waals surface area (Å²) in [7, 11) is 0. The molecule has 0 aliphatic carbocycles. The molecule has 0 radical (unpaired) electrons. The maximum Gasteiger partial charge on any atom is 1.00 e. The van der Waals surface area contributed by atoms with E-state index < -0.39 is 0 Å². The smallest absolute Gasteiger partial charge is 1.00 e. The third kappa shape index (κ3) is 276. The maximum atomic E-state index is 0. The van der Waals surface area contributed by atoms with Crippen molar-refractivity contribution in [3.8, 4) is 0 Å². The molecule has 0 unspecified atom stereocenters. The summed E-state index contributed by atoms with van der Waals surface area (Å²) in [6.45, 7) is 0. The fraction of sp³-hybridized carbons (Fsp3) is 0. The molecule has 0 heterocycles. The molecule has 0 aromatic rings. The third-order valence-electron chi connectivity index (χ3n) is 0. The van der Waals surface area contributed by atoms with Crippen molar-refractivity contribution >= 4 is 0 Å². The van der Waals surface area contributed by atoms with Gasteiger partial charge in [0.1, 0.15) is 0 Å². The zero-order chi connectivity index (χ0) is 0. The van der Waals surface area contributed by atoms with Gasteiger partial charge in [-0.1, -0.05) is 0 Å². The molecule has 0 aliphatic heterocycles. The third-order valence-corrected chi connectivity index (χ3v) is 0. The van der Waals surface area contributed by atoms with Crippen molar-refractivity contribution in [3.63, 3.8) is 0 Å². The first-order valence-corrected chi connectivity index (χ1v) is 0. The fourth-order valence-corrected chi connectivity index (χ4v) is 0. The van der Waals surface area contributed by atoms with Gasteiger partial charge in [-0.05, 0) is 0 Å². The minimum Gasteiger partial charge on any atom is -1.00 e. The summed E-state index contributed by atoms with van der Waals surface area (Å²) >= 11 is 0. The summed E-state index contributed by atoms with van der Waals surface area (Å²) in [5, 5.41) is 0. The van der Waals surface area contributed by atoms with E-state index in [0.29, 0.717) is 0 Å². The van der Waals surface area contributed by atoms with E-state index in [1.807, 2.05) is 0 Å². The first kappa shape index (κ1) is 289. The molecular formula is H43K43. The van der Waals surface area contributed by atoms with Gasteiger partial charge >= 0.3 is 2210 Å². The van der Waals surface area contributed by atoms with Gasteiger partial charge in [0.15, 0.2) is 0 Å². The summed E-state index contributed by atoms with van der Waals surface area (Å²) in [6.07, 6.45) is 0. The first-order valence-electron chi connectivity index (χ1n) is 0. The standard InChI is InChI=1S/43K.43H/q43*+1;43*-1. The van der Waals surface area contributed by atoms with Crippen molar-refractivity contribution in [2.24, 2.45) is 0 Å². The maximum absolute atomic E-state index is 0. The van der Waals surface area contributed by atoms with E-state index in [-0.39, 0.29) is 2270 Å². The van der Waals surface area contributed by atoms with E-state index in [1.54, 1.807) is 0 Å². The zero-order valence-corrected chi connectivity index (χ0v) is 177. The summed E-state index contributed by atoms with van der Waals surface area (Å²) < 4.78 is 0. The quantitative estimate of drug-likeness (QED) is 0.212. The van der Waals surface area contributed by atoms with E-state index in [1.165, 1.54) is 0 Å². The molecule has 0 aromatic heterocycles. The monoisotopic (exact) mass is 1720 g/mol. The Bertz CT molecular complexity index is 86.0. The van der Waals surface area contributed by atoms with Crippen molar-refractivity contribution in [1.29, 1.82) is 0 Å². The minimum atomic E-state index is 0. The molecule has 0 amide bonds. The van der Waals surface area contributed by atoms with Crippen LogP contribution in [0.3, 0.4) is 0 Å². The van der Waals surface area contributed by atoms with Gasteiger partial charge in [0.05, 0.1) is 0 Å². The van der Waals surface area contributed by atoms with Crippen LogP contribution in [0.4, 0.5) is 0 Å². The molecule has 86 valence electrons. The summed E-state index contributed by atoms with van der Waals surface area (Å²) in [6, 6.07) is 0. The molecule has 0 spiro atoms. The van der Waals surface area contributed by atoms with E-state index in [4.69, 9.17) is 0 Å². The Morgan fingerprint density at radius 1 is 0.0465 bits per heavy atom. The van der Waals surface area contributed by atoms with Crippen LogP contribution in [0.15, 0.2) is 0 Å². The number of hydrogen-bond donors (Lipinski definition) is 0. The van der Waals surface area contributed by atoms with Crippen LogP contribution in [0.5, 0.6) is 0 Å². The molecule has 43 heteroatoms. The van der Waals surface area contributed by atoms with Crippen LogP contribution < -0.4 is 2210 Å². The molecule has 0 rings (SSSR count). The van der Waals surface area contributed by atoms with Crippen molar-refractivity contribution in [2.75, 3.05) is 0 Å². The van der Waals surface area contributed by atoms with Crippen LogP contribution in [0, 0.1) is 0 Å². The van der Waals surface area contributed by atoms with Crippen LogP contribution in [0.1, 0.15) is 61.3 Å². The largest absolute Gasteiger partial charge is 1.00 e. The van der Waals surface area contributed by atoms with Gasteiger partial charge in [-0.2, -0.15) is 0 Å². The molecule has 43 heavy (non-hydrogen) atoms. The predicted molar refractivity (Wildman–Crippen MR) is 47.8 cm³/mol. The first-order chi connectivity index (χ1) is 0. The SMILES string of the molecule is [H-].[H-].[H-].[H-].[H-].[H-].[H-].[H-].[H-].[H-].[H-].[H-].[H-].[H-].[H-].[H-].[H-].[H-].[H-].[H-].[H-].[H-].[H-].[H-].[H-].[H-].[H-].[H-].[H-].[H-].[H-].[H-].[H-].[H-].[H-].[H-].[H-].[H-].[H-].[H-].[H-].[H-].[H-].[K+].[K+].[K+].[K+].[K+].[K+].[K+].[K+].[K+].[K+].[K+].[K+].[K+].[K+].[K+].[K+].[K+].[K+].[K+].[K+].[K+].[K+].[K+].[K+].[K+].[K+].[K+].[K+].[K+].[K+].[K+].[K+].[K+].[K+].[K+].[K+].[K+].[K+].[K+].[K+].[K+].[K+].[K+]. The van der Waals surface area contributed by atoms with Gasteiger partial charge in [-0.25, -0.2) is 0 Å². The molecule has 0 bridgehead atoms. The van der Waals surface area contributed by atoms with E-state index >= 15 is 0 Å². The van der Waals surface area contributed by atoms with Crippen LogP contribution >= 0.6 is 0 Å². The Morgan fingerprint density at radius 3 is 0.0465 bits per heavy atom. The molecule has 0 aliphatic rings. The van der Waals surface area contributed by atoms with Crippen molar-refractivity contribution in [3.05, 3.63) is 0 Å². The summed E-state index contributed by atoms with van der Waals surface area (Å²) in [5.41, 5.74) is 0. The van der Waals surface area contributed by atoms with Gasteiger partial charge in [0.2, 0.25) is 0 Å². The molecule has 0 aromatic carbocycles. The second-order valence-corrected chi connectivity index (χ2v) is 0. The van der Waals surface area contributed by atoms with Crippen LogP contribution in [-0.4, -0.2) is 0 Å². The van der Waals surface area contributed by atoms with Crippen LogP contribution in [0.25, 0.3) is 0 Å². The average Bonchev–Trinajstić information content (AvgIpc) is 0. The Morgan fingerprint density at radius 2 is 0.0465 bits per heavy atom. The zero-order valence-electron chi connectivity index (χ0n) is 86.0. The molecular weight excluding hydrogens is 1680 g/mol. The molecule has 0 N–H and O–H groups in total. The van der Waals surface area contributed by atoms with Crippen molar-refractivity contribution < 1.29 is 2270 Å². The fourth-order valence-electron chi connectivity index (χ4n) is 0.